The lowest BCUT2D eigenvalue weighted by Crippen LogP contribution is -2.40. The molecule has 1 N–H and O–H groups in total. The number of carbonyl (C=O) groups is 1. The molecule has 0 bridgehead atoms. The van der Waals surface area contributed by atoms with Crippen LogP contribution in [0.25, 0.3) is 5.83 Å². The molecule has 1 saturated carbocycles. The summed E-state index contributed by atoms with van der Waals surface area (Å²) in [7, 11) is 0. The minimum atomic E-state index is -0.790. The third kappa shape index (κ3) is 3.00. The van der Waals surface area contributed by atoms with Crippen molar-refractivity contribution in [3.05, 3.63) is 17.3 Å². The van der Waals surface area contributed by atoms with Crippen LogP contribution in [0, 0.1) is 5.92 Å². The molecular formula is C13H18FN3O2. The van der Waals surface area contributed by atoms with Crippen molar-refractivity contribution in [1.29, 1.82) is 0 Å². The van der Waals surface area contributed by atoms with E-state index in [9.17, 15) is 9.18 Å². The third-order valence-electron chi connectivity index (χ3n) is 3.20. The van der Waals surface area contributed by atoms with E-state index in [1.165, 1.54) is 6.92 Å². The number of aromatic nitrogens is 2. The van der Waals surface area contributed by atoms with Crippen LogP contribution < -0.4 is 5.32 Å². The molecule has 1 aromatic heterocycles. The highest BCUT2D eigenvalue weighted by atomic mass is 19.1. The van der Waals surface area contributed by atoms with Crippen LogP contribution in [0.1, 0.15) is 52.3 Å². The number of amides is 1. The molecule has 1 aliphatic rings. The van der Waals surface area contributed by atoms with E-state index in [0.717, 1.165) is 12.8 Å². The van der Waals surface area contributed by atoms with Gasteiger partial charge in [-0.2, -0.15) is 4.98 Å². The highest BCUT2D eigenvalue weighted by Crippen LogP contribution is 2.40. The molecule has 6 heteroatoms. The van der Waals surface area contributed by atoms with Gasteiger partial charge in [0, 0.05) is 6.92 Å². The lowest BCUT2D eigenvalue weighted by molar-refractivity contribution is -0.120. The number of hydrogen-bond acceptors (Lipinski definition) is 4. The quantitative estimate of drug-likeness (QED) is 0.910. The predicted octanol–water partition coefficient (Wildman–Crippen LogP) is 2.55. The van der Waals surface area contributed by atoms with E-state index >= 15 is 0 Å². The molecule has 0 spiro atoms. The zero-order valence-electron chi connectivity index (χ0n) is 11.6. The molecule has 0 aliphatic heterocycles. The van der Waals surface area contributed by atoms with Crippen LogP contribution in [0.15, 0.2) is 10.1 Å². The van der Waals surface area contributed by atoms with E-state index in [2.05, 4.69) is 15.5 Å². The Morgan fingerprint density at radius 2 is 2.05 bits per heavy atom. The van der Waals surface area contributed by atoms with Gasteiger partial charge in [-0.1, -0.05) is 5.16 Å². The van der Waals surface area contributed by atoms with Crippen LogP contribution in [0.2, 0.25) is 0 Å². The second-order valence-electron chi connectivity index (χ2n) is 5.50. The molecule has 19 heavy (non-hydrogen) atoms. The van der Waals surface area contributed by atoms with E-state index < -0.39 is 11.4 Å². The first kappa shape index (κ1) is 13.7. The molecule has 1 heterocycles. The van der Waals surface area contributed by atoms with Gasteiger partial charge >= 0.3 is 0 Å². The summed E-state index contributed by atoms with van der Waals surface area (Å²) in [5.74, 6) is -0.200. The first-order chi connectivity index (χ1) is 8.81. The zero-order chi connectivity index (χ0) is 14.2. The number of hydrogen-bond donors (Lipinski definition) is 1. The number of allylic oxidation sites excluding steroid dienone is 1. The Hall–Kier alpha value is -1.72. The fraction of sp³-hybridized carbons (Fsp3) is 0.615. The summed E-state index contributed by atoms with van der Waals surface area (Å²) in [6.45, 7) is 6.62. The molecule has 104 valence electrons. The van der Waals surface area contributed by atoms with E-state index in [1.807, 2.05) is 0 Å². The lowest BCUT2D eigenvalue weighted by atomic mass is 10.1. The van der Waals surface area contributed by atoms with Crippen molar-refractivity contribution in [3.8, 4) is 0 Å². The molecule has 1 amide bonds. The van der Waals surface area contributed by atoms with Crippen molar-refractivity contribution >= 4 is 11.7 Å². The van der Waals surface area contributed by atoms with E-state index in [-0.39, 0.29) is 17.6 Å². The number of nitrogens with zero attached hydrogens (tertiary/aromatic N) is 2. The summed E-state index contributed by atoms with van der Waals surface area (Å²) >= 11 is 0. The van der Waals surface area contributed by atoms with Gasteiger partial charge in [0.05, 0.1) is 5.54 Å². The van der Waals surface area contributed by atoms with Gasteiger partial charge in [-0.3, -0.25) is 4.79 Å². The van der Waals surface area contributed by atoms with Crippen LogP contribution in [0.5, 0.6) is 0 Å². The third-order valence-corrected chi connectivity index (χ3v) is 3.20. The van der Waals surface area contributed by atoms with Crippen LogP contribution >= 0.6 is 0 Å². The maximum absolute atomic E-state index is 14.1. The van der Waals surface area contributed by atoms with Crippen LogP contribution in [0.4, 0.5) is 4.39 Å². The molecule has 0 atom stereocenters. The predicted molar refractivity (Wildman–Crippen MR) is 67.6 cm³/mol. The molecule has 0 radical (unpaired) electrons. The van der Waals surface area contributed by atoms with Crippen molar-refractivity contribution in [1.82, 2.24) is 15.5 Å². The molecule has 1 fully saturated rings. The molecule has 0 unspecified atom stereocenters. The first-order valence-corrected chi connectivity index (χ1v) is 6.31. The van der Waals surface area contributed by atoms with Crippen LogP contribution in [-0.4, -0.2) is 16.0 Å². The normalized spacial score (nSPS) is 17.1. The SMILES string of the molecule is CC(=O)NC(C)(C)c1noc(C(F)=C(C)C2CC2)n1. The molecule has 0 aromatic carbocycles. The second kappa shape index (κ2) is 4.75. The maximum atomic E-state index is 14.1. The first-order valence-electron chi connectivity index (χ1n) is 6.31. The van der Waals surface area contributed by atoms with Crippen molar-refractivity contribution < 1.29 is 13.7 Å². The smallest absolute Gasteiger partial charge is 0.286 e. The van der Waals surface area contributed by atoms with Gasteiger partial charge < -0.3 is 9.84 Å². The second-order valence-corrected chi connectivity index (χ2v) is 5.50. The Morgan fingerprint density at radius 3 is 2.58 bits per heavy atom. The molecule has 5 nitrogen and oxygen atoms in total. The summed E-state index contributed by atoms with van der Waals surface area (Å²) in [5, 5.41) is 6.44. The van der Waals surface area contributed by atoms with Gasteiger partial charge in [-0.15, -0.1) is 0 Å². The van der Waals surface area contributed by atoms with E-state index in [1.54, 1.807) is 20.8 Å². The summed E-state index contributed by atoms with van der Waals surface area (Å²) in [6, 6.07) is 0. The zero-order valence-corrected chi connectivity index (χ0v) is 11.6. The minimum absolute atomic E-state index is 0.113. The largest absolute Gasteiger partial charge is 0.344 e. The summed E-state index contributed by atoms with van der Waals surface area (Å²) in [4.78, 5) is 15.1. The van der Waals surface area contributed by atoms with Gasteiger partial charge in [0.25, 0.3) is 5.89 Å². The monoisotopic (exact) mass is 267 g/mol. The van der Waals surface area contributed by atoms with Gasteiger partial charge in [0.2, 0.25) is 5.91 Å². The van der Waals surface area contributed by atoms with Crippen LogP contribution in [-0.2, 0) is 10.3 Å². The Balaban J connectivity index is 2.23. The van der Waals surface area contributed by atoms with E-state index in [0.29, 0.717) is 11.5 Å². The molecule has 1 aromatic rings. The van der Waals surface area contributed by atoms with Crippen molar-refractivity contribution in [2.75, 3.05) is 0 Å². The Labute approximate surface area is 111 Å². The summed E-state index contributed by atoms with van der Waals surface area (Å²) < 4.78 is 19.0. The number of carbonyl (C=O) groups excluding carboxylic acids is 1. The number of halogens is 1. The minimum Gasteiger partial charge on any atom is -0.344 e. The highest BCUT2D eigenvalue weighted by molar-refractivity contribution is 5.73. The van der Waals surface area contributed by atoms with Gasteiger partial charge in [-0.25, -0.2) is 4.39 Å². The molecule has 2 rings (SSSR count). The van der Waals surface area contributed by atoms with Crippen molar-refractivity contribution in [2.45, 2.75) is 46.1 Å². The van der Waals surface area contributed by atoms with Crippen molar-refractivity contribution in [3.63, 3.8) is 0 Å². The molecular weight excluding hydrogens is 249 g/mol. The topological polar surface area (TPSA) is 68.0 Å². The standard InChI is InChI=1S/C13H18FN3O2/c1-7(9-5-6-9)10(14)11-15-12(17-19-11)13(3,4)16-8(2)18/h9H,5-6H2,1-4H3,(H,16,18). The summed E-state index contributed by atoms with van der Waals surface area (Å²) in [5.41, 5.74) is -0.131. The van der Waals surface area contributed by atoms with Crippen LogP contribution in [0.3, 0.4) is 0 Å². The van der Waals surface area contributed by atoms with Gasteiger partial charge in [0.1, 0.15) is 0 Å². The Kier molecular flexibility index (Phi) is 3.43. The number of nitrogens with one attached hydrogen (secondary N) is 1. The maximum Gasteiger partial charge on any atom is 0.286 e. The highest BCUT2D eigenvalue weighted by Gasteiger charge is 2.31. The Morgan fingerprint density at radius 1 is 1.42 bits per heavy atom. The average molecular weight is 267 g/mol. The van der Waals surface area contributed by atoms with Crippen molar-refractivity contribution in [2.24, 2.45) is 5.92 Å². The van der Waals surface area contributed by atoms with E-state index in [4.69, 9.17) is 4.52 Å². The lowest BCUT2D eigenvalue weighted by Gasteiger charge is -2.20. The fourth-order valence-corrected chi connectivity index (χ4v) is 1.93. The summed E-state index contributed by atoms with van der Waals surface area (Å²) in [6.07, 6.45) is 2.02. The van der Waals surface area contributed by atoms with Gasteiger partial charge in [-0.05, 0) is 45.1 Å². The molecule has 1 aliphatic carbocycles. The fourth-order valence-electron chi connectivity index (χ4n) is 1.93. The Bertz CT molecular complexity index is 530. The number of rotatable bonds is 4. The van der Waals surface area contributed by atoms with Gasteiger partial charge in [0.15, 0.2) is 11.7 Å². The molecule has 0 saturated heterocycles. The average Bonchev–Trinajstić information content (AvgIpc) is 3.02.